The van der Waals surface area contributed by atoms with Crippen molar-refractivity contribution in [3.8, 4) is 0 Å². The van der Waals surface area contributed by atoms with Gasteiger partial charge in [-0.15, -0.1) is 0 Å². The predicted octanol–water partition coefficient (Wildman–Crippen LogP) is 2.95. The summed E-state index contributed by atoms with van der Waals surface area (Å²) in [5, 5.41) is 7.70. The van der Waals surface area contributed by atoms with E-state index >= 15 is 0 Å². The zero-order chi connectivity index (χ0) is 12.8. The standard InChI is InChI=1S/C14H23N3S/c1-3-15-14(16-9-13-6-8-18-11-13)17-7-4-5-12(2)10-17/h6,8,11-12H,3-5,7,9-10H2,1-2H3,(H,15,16). The molecule has 0 amide bonds. The molecule has 3 nitrogen and oxygen atoms in total. The summed E-state index contributed by atoms with van der Waals surface area (Å²) in [6.45, 7) is 8.46. The van der Waals surface area contributed by atoms with Crippen molar-refractivity contribution in [2.75, 3.05) is 19.6 Å². The summed E-state index contributed by atoms with van der Waals surface area (Å²) >= 11 is 1.74. The zero-order valence-electron chi connectivity index (χ0n) is 11.4. The van der Waals surface area contributed by atoms with Crippen LogP contribution >= 0.6 is 11.3 Å². The van der Waals surface area contributed by atoms with E-state index in [0.29, 0.717) is 0 Å². The second kappa shape index (κ2) is 6.78. The van der Waals surface area contributed by atoms with E-state index in [1.807, 2.05) is 0 Å². The number of nitrogens with one attached hydrogen (secondary N) is 1. The van der Waals surface area contributed by atoms with Gasteiger partial charge in [0.2, 0.25) is 0 Å². The lowest BCUT2D eigenvalue weighted by atomic mass is 10.0. The highest BCUT2D eigenvalue weighted by molar-refractivity contribution is 7.07. The van der Waals surface area contributed by atoms with E-state index in [1.54, 1.807) is 11.3 Å². The number of rotatable bonds is 3. The molecule has 1 aliphatic rings. The summed E-state index contributed by atoms with van der Waals surface area (Å²) in [5.41, 5.74) is 1.31. The molecule has 0 saturated carbocycles. The van der Waals surface area contributed by atoms with Crippen LogP contribution in [0.3, 0.4) is 0 Å². The van der Waals surface area contributed by atoms with Gasteiger partial charge in [-0.3, -0.25) is 0 Å². The third-order valence-corrected chi connectivity index (χ3v) is 4.01. The second-order valence-electron chi connectivity index (χ2n) is 5.00. The first-order chi connectivity index (χ1) is 8.79. The molecular weight excluding hydrogens is 242 g/mol. The van der Waals surface area contributed by atoms with Crippen molar-refractivity contribution in [3.63, 3.8) is 0 Å². The molecule has 2 rings (SSSR count). The van der Waals surface area contributed by atoms with E-state index in [1.165, 1.54) is 18.4 Å². The Labute approximate surface area is 114 Å². The van der Waals surface area contributed by atoms with Crippen LogP contribution in [0.25, 0.3) is 0 Å². The van der Waals surface area contributed by atoms with Crippen molar-refractivity contribution in [2.24, 2.45) is 10.9 Å². The molecule has 1 aromatic heterocycles. The maximum atomic E-state index is 4.75. The molecule has 1 N–H and O–H groups in total. The van der Waals surface area contributed by atoms with Crippen LogP contribution in [0.15, 0.2) is 21.8 Å². The molecule has 1 unspecified atom stereocenters. The summed E-state index contributed by atoms with van der Waals surface area (Å²) in [7, 11) is 0. The van der Waals surface area contributed by atoms with Gasteiger partial charge in [-0.2, -0.15) is 11.3 Å². The Balaban J connectivity index is 1.99. The summed E-state index contributed by atoms with van der Waals surface area (Å²) in [6, 6.07) is 2.15. The van der Waals surface area contributed by atoms with Crippen LogP contribution in [0.2, 0.25) is 0 Å². The summed E-state index contributed by atoms with van der Waals surface area (Å²) < 4.78 is 0. The number of nitrogens with zero attached hydrogens (tertiary/aromatic N) is 2. The fraction of sp³-hybridized carbons (Fsp3) is 0.643. The van der Waals surface area contributed by atoms with Crippen molar-refractivity contribution >= 4 is 17.3 Å². The highest BCUT2D eigenvalue weighted by Crippen LogP contribution is 2.16. The minimum atomic E-state index is 0.781. The maximum absolute atomic E-state index is 4.75. The van der Waals surface area contributed by atoms with Gasteiger partial charge in [-0.05, 0) is 48.1 Å². The Morgan fingerprint density at radius 2 is 2.50 bits per heavy atom. The molecular formula is C14H23N3S. The van der Waals surface area contributed by atoms with Gasteiger partial charge in [0.25, 0.3) is 0 Å². The first kappa shape index (κ1) is 13.4. The largest absolute Gasteiger partial charge is 0.357 e. The van der Waals surface area contributed by atoms with Crippen LogP contribution in [-0.4, -0.2) is 30.5 Å². The molecule has 1 fully saturated rings. The molecule has 2 heterocycles. The normalized spacial score (nSPS) is 21.1. The molecule has 0 spiro atoms. The van der Waals surface area contributed by atoms with Crippen molar-refractivity contribution in [3.05, 3.63) is 22.4 Å². The molecule has 0 aliphatic carbocycles. The van der Waals surface area contributed by atoms with Crippen molar-refractivity contribution in [1.82, 2.24) is 10.2 Å². The van der Waals surface area contributed by atoms with E-state index < -0.39 is 0 Å². The molecule has 4 heteroatoms. The Morgan fingerprint density at radius 1 is 1.61 bits per heavy atom. The number of guanidine groups is 1. The van der Waals surface area contributed by atoms with Gasteiger partial charge < -0.3 is 10.2 Å². The minimum absolute atomic E-state index is 0.781. The molecule has 18 heavy (non-hydrogen) atoms. The number of hydrogen-bond acceptors (Lipinski definition) is 2. The number of piperidine rings is 1. The summed E-state index contributed by atoms with van der Waals surface area (Å²) in [6.07, 6.45) is 2.63. The molecule has 1 aliphatic heterocycles. The highest BCUT2D eigenvalue weighted by Gasteiger charge is 2.18. The minimum Gasteiger partial charge on any atom is -0.357 e. The molecule has 0 bridgehead atoms. The molecule has 100 valence electrons. The first-order valence-electron chi connectivity index (χ1n) is 6.84. The lowest BCUT2D eigenvalue weighted by molar-refractivity contribution is 0.266. The fourth-order valence-corrected chi connectivity index (χ4v) is 3.02. The lowest BCUT2D eigenvalue weighted by Crippen LogP contribution is -2.46. The summed E-state index contributed by atoms with van der Waals surface area (Å²) in [5.74, 6) is 1.86. The van der Waals surface area contributed by atoms with Gasteiger partial charge in [0.15, 0.2) is 5.96 Å². The zero-order valence-corrected chi connectivity index (χ0v) is 12.2. The molecule has 1 atom stereocenters. The van der Waals surface area contributed by atoms with Gasteiger partial charge in [0.1, 0.15) is 0 Å². The van der Waals surface area contributed by atoms with Gasteiger partial charge in [-0.25, -0.2) is 4.99 Å². The van der Waals surface area contributed by atoms with Gasteiger partial charge >= 0.3 is 0 Å². The van der Waals surface area contributed by atoms with Crippen LogP contribution in [0.1, 0.15) is 32.3 Å². The number of aliphatic imine (C=N–C) groups is 1. The quantitative estimate of drug-likeness (QED) is 0.672. The Bertz CT molecular complexity index is 372. The topological polar surface area (TPSA) is 27.6 Å². The molecule has 1 aromatic rings. The molecule has 0 aromatic carbocycles. The third kappa shape index (κ3) is 3.73. The average molecular weight is 265 g/mol. The van der Waals surface area contributed by atoms with E-state index in [4.69, 9.17) is 4.99 Å². The van der Waals surface area contributed by atoms with Crippen molar-refractivity contribution in [2.45, 2.75) is 33.2 Å². The number of thiophene rings is 1. The molecule has 0 radical (unpaired) electrons. The highest BCUT2D eigenvalue weighted by atomic mass is 32.1. The fourth-order valence-electron chi connectivity index (χ4n) is 2.36. The maximum Gasteiger partial charge on any atom is 0.194 e. The van der Waals surface area contributed by atoms with E-state index in [2.05, 4.69) is 40.9 Å². The second-order valence-corrected chi connectivity index (χ2v) is 5.78. The predicted molar refractivity (Wildman–Crippen MR) is 79.1 cm³/mol. The van der Waals surface area contributed by atoms with Crippen LogP contribution in [0, 0.1) is 5.92 Å². The monoisotopic (exact) mass is 265 g/mol. The van der Waals surface area contributed by atoms with Crippen LogP contribution in [0.4, 0.5) is 0 Å². The van der Waals surface area contributed by atoms with Gasteiger partial charge in [-0.1, -0.05) is 6.92 Å². The Morgan fingerprint density at radius 3 is 3.17 bits per heavy atom. The van der Waals surface area contributed by atoms with Crippen LogP contribution in [0.5, 0.6) is 0 Å². The SMILES string of the molecule is CCNC(=NCc1ccsc1)N1CCCC(C)C1. The first-order valence-corrected chi connectivity index (χ1v) is 7.78. The Kier molecular flexibility index (Phi) is 5.05. The van der Waals surface area contributed by atoms with Crippen LogP contribution in [-0.2, 0) is 6.54 Å². The smallest absolute Gasteiger partial charge is 0.194 e. The van der Waals surface area contributed by atoms with Gasteiger partial charge in [0.05, 0.1) is 6.54 Å². The lowest BCUT2D eigenvalue weighted by Gasteiger charge is -2.33. The summed E-state index contributed by atoms with van der Waals surface area (Å²) in [4.78, 5) is 7.16. The third-order valence-electron chi connectivity index (χ3n) is 3.28. The van der Waals surface area contributed by atoms with Crippen molar-refractivity contribution < 1.29 is 0 Å². The van der Waals surface area contributed by atoms with Crippen molar-refractivity contribution in [1.29, 1.82) is 0 Å². The molecule has 1 saturated heterocycles. The Hall–Kier alpha value is -1.03. The average Bonchev–Trinajstić information content (AvgIpc) is 2.87. The number of hydrogen-bond donors (Lipinski definition) is 1. The van der Waals surface area contributed by atoms with E-state index in [-0.39, 0.29) is 0 Å². The van der Waals surface area contributed by atoms with Crippen LogP contribution < -0.4 is 5.32 Å². The number of likely N-dealkylation sites (tertiary alicyclic amines) is 1. The van der Waals surface area contributed by atoms with E-state index in [9.17, 15) is 0 Å². The van der Waals surface area contributed by atoms with E-state index in [0.717, 1.165) is 38.1 Å². The van der Waals surface area contributed by atoms with Gasteiger partial charge in [0, 0.05) is 19.6 Å².